The number of hydrogen-bond acceptors (Lipinski definition) is 3. The molecule has 9 heteroatoms. The van der Waals surface area contributed by atoms with E-state index < -0.39 is 34.8 Å². The number of hydrogen-bond donors (Lipinski definition) is 0. The normalized spacial score (nSPS) is 11.0. The molecule has 2 rings (SSSR count). The first kappa shape index (κ1) is 19.5. The Bertz CT molecular complexity index is 889. The molecule has 0 spiro atoms. The molecule has 5 nitrogen and oxygen atoms in total. The monoisotopic (exact) mass is 383 g/mol. The number of anilines is 1. The summed E-state index contributed by atoms with van der Waals surface area (Å²) in [6, 6.07) is 10.8. The lowest BCUT2D eigenvalue weighted by Gasteiger charge is -2.22. The molecule has 136 valence electrons. The number of alkyl halides is 3. The van der Waals surface area contributed by atoms with E-state index in [4.69, 9.17) is 16.9 Å². The highest BCUT2D eigenvalue weighted by Gasteiger charge is 2.32. The predicted octanol–water partition coefficient (Wildman–Crippen LogP) is 3.47. The van der Waals surface area contributed by atoms with Gasteiger partial charge in [0.15, 0.2) is 0 Å². The highest BCUT2D eigenvalue weighted by molar-refractivity contribution is 6.30. The number of nitriles is 1. The van der Waals surface area contributed by atoms with Gasteiger partial charge in [-0.1, -0.05) is 29.8 Å². The molecule has 2 aromatic rings. The van der Waals surface area contributed by atoms with E-state index >= 15 is 0 Å². The molecule has 0 fully saturated rings. The van der Waals surface area contributed by atoms with Crippen LogP contribution in [0.5, 0.6) is 0 Å². The summed E-state index contributed by atoms with van der Waals surface area (Å²) in [5.74, 6) is -0.635. The average Bonchev–Trinajstić information content (AvgIpc) is 2.59. The molecule has 0 saturated carbocycles. The van der Waals surface area contributed by atoms with Crippen LogP contribution in [0.25, 0.3) is 0 Å². The third kappa shape index (κ3) is 4.64. The fourth-order valence-electron chi connectivity index (χ4n) is 2.27. The Kier molecular flexibility index (Phi) is 6.05. The lowest BCUT2D eigenvalue weighted by molar-refractivity contribution is -0.138. The standard InChI is InChI=1S/C17H13ClF3N3O2/c18-14-9-12(17(19,20)21)10-23(16(14)26)11-15(25)24(8-4-7-22)13-5-2-1-3-6-13/h1-3,5-6,9-10H,4,8,11H2. The molecule has 0 aliphatic rings. The molecule has 0 unspecified atom stereocenters. The Hall–Kier alpha value is -2.79. The van der Waals surface area contributed by atoms with E-state index in [9.17, 15) is 22.8 Å². The zero-order valence-corrected chi connectivity index (χ0v) is 14.1. The topological polar surface area (TPSA) is 66.1 Å². The number of aromatic nitrogens is 1. The van der Waals surface area contributed by atoms with Crippen LogP contribution in [0.4, 0.5) is 18.9 Å². The van der Waals surface area contributed by atoms with Crippen molar-refractivity contribution >= 4 is 23.2 Å². The lowest BCUT2D eigenvalue weighted by Crippen LogP contribution is -2.37. The van der Waals surface area contributed by atoms with Crippen molar-refractivity contribution in [3.63, 3.8) is 0 Å². The van der Waals surface area contributed by atoms with Gasteiger partial charge in [0.05, 0.1) is 18.1 Å². The van der Waals surface area contributed by atoms with E-state index in [1.54, 1.807) is 30.3 Å². The van der Waals surface area contributed by atoms with E-state index in [1.807, 2.05) is 6.07 Å². The van der Waals surface area contributed by atoms with Crippen LogP contribution in [-0.4, -0.2) is 17.0 Å². The molecular formula is C17H13ClF3N3O2. The van der Waals surface area contributed by atoms with E-state index in [2.05, 4.69) is 0 Å². The fraction of sp³-hybridized carbons (Fsp3) is 0.235. The lowest BCUT2D eigenvalue weighted by atomic mass is 10.2. The highest BCUT2D eigenvalue weighted by Crippen LogP contribution is 2.29. The molecule has 1 amide bonds. The SMILES string of the molecule is N#CCCN(C(=O)Cn1cc(C(F)(F)F)cc(Cl)c1=O)c1ccccc1. The zero-order valence-electron chi connectivity index (χ0n) is 13.3. The Morgan fingerprint density at radius 3 is 2.50 bits per heavy atom. The molecule has 0 atom stereocenters. The van der Waals surface area contributed by atoms with Gasteiger partial charge in [0.2, 0.25) is 5.91 Å². The number of rotatable bonds is 5. The maximum Gasteiger partial charge on any atom is 0.417 e. The molecule has 0 bridgehead atoms. The third-order valence-corrected chi connectivity index (χ3v) is 3.76. The first-order valence-electron chi connectivity index (χ1n) is 7.43. The number of nitrogens with zero attached hydrogens (tertiary/aromatic N) is 3. The van der Waals surface area contributed by atoms with Crippen LogP contribution in [0.15, 0.2) is 47.4 Å². The van der Waals surface area contributed by atoms with Gasteiger partial charge in [0.25, 0.3) is 5.56 Å². The smallest absolute Gasteiger partial charge is 0.310 e. The van der Waals surface area contributed by atoms with Crippen LogP contribution >= 0.6 is 11.6 Å². The molecule has 1 aromatic carbocycles. The van der Waals surface area contributed by atoms with Crippen LogP contribution in [0, 0.1) is 11.3 Å². The van der Waals surface area contributed by atoms with Gasteiger partial charge in [-0.05, 0) is 18.2 Å². The van der Waals surface area contributed by atoms with Gasteiger partial charge in [-0.2, -0.15) is 18.4 Å². The number of benzene rings is 1. The van der Waals surface area contributed by atoms with Crippen LogP contribution in [0.1, 0.15) is 12.0 Å². The average molecular weight is 384 g/mol. The third-order valence-electron chi connectivity index (χ3n) is 3.49. The molecule has 0 aliphatic carbocycles. The van der Waals surface area contributed by atoms with Crippen molar-refractivity contribution in [2.75, 3.05) is 11.4 Å². The maximum atomic E-state index is 12.9. The van der Waals surface area contributed by atoms with Crippen LogP contribution in [-0.2, 0) is 17.5 Å². The Morgan fingerprint density at radius 2 is 1.92 bits per heavy atom. The van der Waals surface area contributed by atoms with Crippen molar-refractivity contribution in [2.45, 2.75) is 19.1 Å². The molecule has 1 heterocycles. The number of pyridine rings is 1. The first-order chi connectivity index (χ1) is 12.2. The second kappa shape index (κ2) is 8.06. The van der Waals surface area contributed by atoms with Gasteiger partial charge in [-0.15, -0.1) is 0 Å². The van der Waals surface area contributed by atoms with E-state index in [1.165, 1.54) is 4.90 Å². The minimum atomic E-state index is -4.71. The number of para-hydroxylation sites is 1. The number of carbonyl (C=O) groups is 1. The molecule has 0 radical (unpaired) electrons. The van der Waals surface area contributed by atoms with Crippen LogP contribution in [0.3, 0.4) is 0 Å². The van der Waals surface area contributed by atoms with E-state index in [-0.39, 0.29) is 13.0 Å². The van der Waals surface area contributed by atoms with Crippen molar-refractivity contribution < 1.29 is 18.0 Å². The van der Waals surface area contributed by atoms with Gasteiger partial charge in [0, 0.05) is 18.4 Å². The number of halogens is 4. The zero-order chi connectivity index (χ0) is 19.3. The Labute approximate surface area is 151 Å². The summed E-state index contributed by atoms with van der Waals surface area (Å²) in [5.41, 5.74) is -1.56. The van der Waals surface area contributed by atoms with E-state index in [0.29, 0.717) is 22.5 Å². The van der Waals surface area contributed by atoms with Crippen molar-refractivity contribution in [1.82, 2.24) is 4.57 Å². The predicted molar refractivity (Wildman–Crippen MR) is 89.7 cm³/mol. The van der Waals surface area contributed by atoms with Gasteiger partial charge in [-0.3, -0.25) is 9.59 Å². The Balaban J connectivity index is 2.36. The summed E-state index contributed by atoms with van der Waals surface area (Å²) in [6.07, 6.45) is -4.12. The van der Waals surface area contributed by atoms with Crippen molar-refractivity contribution in [2.24, 2.45) is 0 Å². The van der Waals surface area contributed by atoms with E-state index in [0.717, 1.165) is 0 Å². The van der Waals surface area contributed by atoms with Gasteiger partial charge < -0.3 is 9.47 Å². The first-order valence-corrected chi connectivity index (χ1v) is 7.81. The molecule has 0 saturated heterocycles. The fourth-order valence-corrected chi connectivity index (χ4v) is 2.50. The molecular weight excluding hydrogens is 371 g/mol. The second-order valence-corrected chi connectivity index (χ2v) is 5.70. The quantitative estimate of drug-likeness (QED) is 0.794. The summed E-state index contributed by atoms with van der Waals surface area (Å²) in [5, 5.41) is 8.13. The van der Waals surface area contributed by atoms with Gasteiger partial charge in [0.1, 0.15) is 11.6 Å². The van der Waals surface area contributed by atoms with Crippen molar-refractivity contribution in [1.29, 1.82) is 5.26 Å². The number of carbonyl (C=O) groups excluding carboxylic acids is 1. The summed E-state index contributed by atoms with van der Waals surface area (Å²) in [7, 11) is 0. The molecule has 26 heavy (non-hydrogen) atoms. The molecule has 0 N–H and O–H groups in total. The Morgan fingerprint density at radius 1 is 1.27 bits per heavy atom. The van der Waals surface area contributed by atoms with Crippen molar-refractivity contribution in [3.8, 4) is 6.07 Å². The van der Waals surface area contributed by atoms with Crippen LogP contribution < -0.4 is 10.5 Å². The summed E-state index contributed by atoms with van der Waals surface area (Å²) in [6.45, 7) is -0.594. The molecule has 0 aliphatic heterocycles. The largest absolute Gasteiger partial charge is 0.417 e. The van der Waals surface area contributed by atoms with Crippen LogP contribution in [0.2, 0.25) is 5.02 Å². The minimum Gasteiger partial charge on any atom is -0.310 e. The van der Waals surface area contributed by atoms with Crippen molar-refractivity contribution in [3.05, 3.63) is 63.5 Å². The maximum absolute atomic E-state index is 12.9. The summed E-state index contributed by atoms with van der Waals surface area (Å²) in [4.78, 5) is 25.8. The van der Waals surface area contributed by atoms with Gasteiger partial charge >= 0.3 is 6.18 Å². The molecule has 1 aromatic heterocycles. The summed E-state index contributed by atoms with van der Waals surface area (Å²) < 4.78 is 39.3. The van der Waals surface area contributed by atoms with Gasteiger partial charge in [-0.25, -0.2) is 0 Å². The second-order valence-electron chi connectivity index (χ2n) is 5.30. The minimum absolute atomic E-state index is 0.0267. The summed E-state index contributed by atoms with van der Waals surface area (Å²) >= 11 is 5.59. The number of amides is 1. The highest BCUT2D eigenvalue weighted by atomic mass is 35.5.